The summed E-state index contributed by atoms with van der Waals surface area (Å²) in [5, 5.41) is 15.0. The van der Waals surface area contributed by atoms with Crippen LogP contribution in [0.2, 0.25) is 0 Å². The number of thiazole rings is 1. The van der Waals surface area contributed by atoms with Gasteiger partial charge in [0.25, 0.3) is 0 Å². The predicted octanol–water partition coefficient (Wildman–Crippen LogP) is 1.85. The fraction of sp³-hybridized carbons (Fsp3) is 0.333. The molecule has 0 bridgehead atoms. The molecule has 2 rings (SSSR count). The van der Waals surface area contributed by atoms with Crippen LogP contribution in [0.4, 0.5) is 5.95 Å². The number of nitrogens with zero attached hydrogens (tertiary/aromatic N) is 3. The number of nitrogens with one attached hydrogen (secondary N) is 1. The van der Waals surface area contributed by atoms with Gasteiger partial charge in [0.15, 0.2) is 5.69 Å². The second-order valence-corrected chi connectivity index (χ2v) is 4.78. The van der Waals surface area contributed by atoms with Gasteiger partial charge in [0.2, 0.25) is 5.95 Å². The van der Waals surface area contributed by atoms with Crippen LogP contribution >= 0.6 is 11.3 Å². The first-order chi connectivity index (χ1) is 9.19. The van der Waals surface area contributed by atoms with Gasteiger partial charge in [-0.15, -0.1) is 11.3 Å². The van der Waals surface area contributed by atoms with Crippen LogP contribution in [0.3, 0.4) is 0 Å². The van der Waals surface area contributed by atoms with E-state index in [1.54, 1.807) is 11.3 Å². The van der Waals surface area contributed by atoms with Gasteiger partial charge < -0.3 is 10.4 Å². The predicted molar refractivity (Wildman–Crippen MR) is 72.7 cm³/mol. The Kier molecular flexibility index (Phi) is 4.40. The maximum absolute atomic E-state index is 10.8. The summed E-state index contributed by atoms with van der Waals surface area (Å²) in [6.07, 6.45) is 3.13. The lowest BCUT2D eigenvalue weighted by atomic mass is 10.3. The van der Waals surface area contributed by atoms with Crippen molar-refractivity contribution in [3.05, 3.63) is 34.0 Å². The Morgan fingerprint density at radius 1 is 1.47 bits per heavy atom. The Morgan fingerprint density at radius 2 is 2.32 bits per heavy atom. The van der Waals surface area contributed by atoms with Crippen molar-refractivity contribution in [2.75, 3.05) is 11.9 Å². The zero-order valence-electron chi connectivity index (χ0n) is 10.5. The van der Waals surface area contributed by atoms with Crippen LogP contribution in [-0.4, -0.2) is 32.6 Å². The standard InChI is InChI=1S/C12H14N4O2S/c1-2-10-15-8(7-19-10)3-5-13-12-14-6-4-9(16-12)11(17)18/h4,6-7H,2-3,5H2,1H3,(H,17,18)(H,13,14,16). The lowest BCUT2D eigenvalue weighted by molar-refractivity contribution is 0.0690. The molecule has 100 valence electrons. The molecular formula is C12H14N4O2S. The van der Waals surface area contributed by atoms with E-state index in [2.05, 4.69) is 27.2 Å². The van der Waals surface area contributed by atoms with E-state index in [1.165, 1.54) is 12.3 Å². The summed E-state index contributed by atoms with van der Waals surface area (Å²) in [5.74, 6) is -0.733. The van der Waals surface area contributed by atoms with Crippen LogP contribution in [0.15, 0.2) is 17.6 Å². The van der Waals surface area contributed by atoms with E-state index in [4.69, 9.17) is 5.11 Å². The lowest BCUT2D eigenvalue weighted by Gasteiger charge is -2.03. The minimum absolute atomic E-state index is 0.0144. The Bertz CT molecular complexity index is 570. The van der Waals surface area contributed by atoms with E-state index in [0.717, 1.165) is 23.5 Å². The van der Waals surface area contributed by atoms with E-state index < -0.39 is 5.97 Å². The van der Waals surface area contributed by atoms with Crippen molar-refractivity contribution in [2.24, 2.45) is 0 Å². The Hall–Kier alpha value is -2.02. The number of hydrogen-bond donors (Lipinski definition) is 2. The molecule has 7 heteroatoms. The second-order valence-electron chi connectivity index (χ2n) is 3.83. The molecule has 0 fully saturated rings. The quantitative estimate of drug-likeness (QED) is 0.838. The molecule has 0 saturated carbocycles. The average Bonchev–Trinajstić information content (AvgIpc) is 2.87. The average molecular weight is 278 g/mol. The second kappa shape index (κ2) is 6.24. The van der Waals surface area contributed by atoms with E-state index in [-0.39, 0.29) is 5.69 Å². The molecule has 19 heavy (non-hydrogen) atoms. The summed E-state index contributed by atoms with van der Waals surface area (Å²) >= 11 is 1.65. The topological polar surface area (TPSA) is 88.0 Å². The highest BCUT2D eigenvalue weighted by Crippen LogP contribution is 2.10. The van der Waals surface area contributed by atoms with Crippen LogP contribution < -0.4 is 5.32 Å². The first kappa shape index (κ1) is 13.4. The van der Waals surface area contributed by atoms with Gasteiger partial charge in [0.05, 0.1) is 10.7 Å². The first-order valence-corrected chi connectivity index (χ1v) is 6.80. The van der Waals surface area contributed by atoms with Crippen LogP contribution in [0.25, 0.3) is 0 Å². The zero-order chi connectivity index (χ0) is 13.7. The van der Waals surface area contributed by atoms with Gasteiger partial charge in [-0.1, -0.05) is 6.92 Å². The van der Waals surface area contributed by atoms with Crippen LogP contribution in [-0.2, 0) is 12.8 Å². The smallest absolute Gasteiger partial charge is 0.354 e. The number of aromatic carboxylic acids is 1. The third kappa shape index (κ3) is 3.72. The van der Waals surface area contributed by atoms with E-state index in [0.29, 0.717) is 12.5 Å². The van der Waals surface area contributed by atoms with Crippen molar-refractivity contribution in [3.63, 3.8) is 0 Å². The molecule has 0 aliphatic carbocycles. The Labute approximate surface area is 114 Å². The van der Waals surface area contributed by atoms with E-state index in [1.807, 2.05) is 5.38 Å². The van der Waals surface area contributed by atoms with Gasteiger partial charge in [0, 0.05) is 24.5 Å². The summed E-state index contributed by atoms with van der Waals surface area (Å²) in [7, 11) is 0. The summed E-state index contributed by atoms with van der Waals surface area (Å²) in [5.41, 5.74) is 1.02. The molecule has 2 N–H and O–H groups in total. The zero-order valence-corrected chi connectivity index (χ0v) is 11.3. The number of hydrogen-bond acceptors (Lipinski definition) is 6. The van der Waals surface area contributed by atoms with E-state index in [9.17, 15) is 4.79 Å². The normalized spacial score (nSPS) is 10.4. The SMILES string of the molecule is CCc1nc(CCNc2nccc(C(=O)O)n2)cs1. The van der Waals surface area contributed by atoms with Gasteiger partial charge in [-0.05, 0) is 12.5 Å². The number of anilines is 1. The number of aromatic nitrogens is 3. The summed E-state index contributed by atoms with van der Waals surface area (Å²) in [6, 6.07) is 1.36. The van der Waals surface area contributed by atoms with Gasteiger partial charge >= 0.3 is 5.97 Å². The van der Waals surface area contributed by atoms with Gasteiger partial charge in [-0.2, -0.15) is 0 Å². The van der Waals surface area contributed by atoms with Gasteiger partial charge in [-0.3, -0.25) is 0 Å². The summed E-state index contributed by atoms with van der Waals surface area (Å²) < 4.78 is 0. The van der Waals surface area contributed by atoms with Crippen molar-refractivity contribution >= 4 is 23.3 Å². The molecule has 0 aliphatic heterocycles. The Balaban J connectivity index is 1.88. The van der Waals surface area contributed by atoms with Crippen molar-refractivity contribution < 1.29 is 9.90 Å². The fourth-order valence-corrected chi connectivity index (χ4v) is 2.27. The first-order valence-electron chi connectivity index (χ1n) is 5.92. The van der Waals surface area contributed by atoms with E-state index >= 15 is 0 Å². The summed E-state index contributed by atoms with van der Waals surface area (Å²) in [6.45, 7) is 2.70. The van der Waals surface area contributed by atoms with Gasteiger partial charge in [-0.25, -0.2) is 19.7 Å². The molecule has 0 spiro atoms. The molecule has 2 aromatic rings. The number of carboxylic acids is 1. The van der Waals surface area contributed by atoms with Crippen molar-refractivity contribution in [3.8, 4) is 0 Å². The molecule has 2 aromatic heterocycles. The number of rotatable bonds is 6. The monoisotopic (exact) mass is 278 g/mol. The number of carboxylic acid groups (broad SMARTS) is 1. The van der Waals surface area contributed by atoms with Crippen molar-refractivity contribution in [2.45, 2.75) is 19.8 Å². The maximum atomic E-state index is 10.8. The Morgan fingerprint density at radius 3 is 3.00 bits per heavy atom. The molecule has 0 saturated heterocycles. The largest absolute Gasteiger partial charge is 0.477 e. The molecule has 0 aromatic carbocycles. The van der Waals surface area contributed by atoms with Crippen molar-refractivity contribution in [1.29, 1.82) is 0 Å². The van der Waals surface area contributed by atoms with Crippen LogP contribution in [0.5, 0.6) is 0 Å². The molecule has 6 nitrogen and oxygen atoms in total. The third-order valence-electron chi connectivity index (χ3n) is 2.44. The highest BCUT2D eigenvalue weighted by atomic mass is 32.1. The molecular weight excluding hydrogens is 264 g/mol. The molecule has 2 heterocycles. The number of aryl methyl sites for hydroxylation is 1. The fourth-order valence-electron chi connectivity index (χ4n) is 1.49. The molecule has 0 atom stereocenters. The highest BCUT2D eigenvalue weighted by Gasteiger charge is 2.06. The highest BCUT2D eigenvalue weighted by molar-refractivity contribution is 7.09. The maximum Gasteiger partial charge on any atom is 0.354 e. The molecule has 0 radical (unpaired) electrons. The van der Waals surface area contributed by atoms with Gasteiger partial charge in [0.1, 0.15) is 0 Å². The minimum Gasteiger partial charge on any atom is -0.477 e. The van der Waals surface area contributed by atoms with Crippen LogP contribution in [0, 0.1) is 0 Å². The summed E-state index contributed by atoms with van der Waals surface area (Å²) in [4.78, 5) is 23.1. The van der Waals surface area contributed by atoms with Crippen molar-refractivity contribution in [1.82, 2.24) is 15.0 Å². The lowest BCUT2D eigenvalue weighted by Crippen LogP contribution is -2.10. The molecule has 0 aliphatic rings. The third-order valence-corrected chi connectivity index (χ3v) is 3.48. The molecule has 0 unspecified atom stereocenters. The van der Waals surface area contributed by atoms with Crippen LogP contribution in [0.1, 0.15) is 28.1 Å². The molecule has 0 amide bonds. The number of carbonyl (C=O) groups is 1. The minimum atomic E-state index is -1.06.